The summed E-state index contributed by atoms with van der Waals surface area (Å²) in [6, 6.07) is 0. The third-order valence-corrected chi connectivity index (χ3v) is 0.740. The van der Waals surface area contributed by atoms with Crippen LogP contribution in [0.1, 0.15) is 0 Å². The molecule has 0 aliphatic carbocycles. The predicted molar refractivity (Wildman–Crippen MR) is 30.5 cm³/mol. The van der Waals surface area contributed by atoms with Crippen molar-refractivity contribution in [3.63, 3.8) is 0 Å². The Bertz CT molecular complexity index is 134. The number of alkyl halides is 3. The predicted octanol–water partition coefficient (Wildman–Crippen LogP) is -0.139. The Balaban J connectivity index is 3.46. The van der Waals surface area contributed by atoms with Crippen molar-refractivity contribution in [3.05, 3.63) is 6.42 Å². The van der Waals surface area contributed by atoms with E-state index in [4.69, 9.17) is 5.11 Å². The zero-order valence-corrected chi connectivity index (χ0v) is 5.48. The van der Waals surface area contributed by atoms with Crippen LogP contribution >= 0.6 is 0 Å². The number of hydrogen-bond acceptors (Lipinski definition) is 2. The lowest BCUT2D eigenvalue weighted by Crippen LogP contribution is -2.34. The van der Waals surface area contributed by atoms with E-state index in [9.17, 15) is 18.0 Å². The van der Waals surface area contributed by atoms with E-state index >= 15 is 0 Å². The zero-order valence-electron chi connectivity index (χ0n) is 5.48. The maximum atomic E-state index is 11.4. The monoisotopic (exact) mass is 170 g/mol. The second-order valence-electron chi connectivity index (χ2n) is 1.72. The first-order valence-electron chi connectivity index (χ1n) is 2.74. The van der Waals surface area contributed by atoms with Gasteiger partial charge >= 0.3 is 6.18 Å². The van der Waals surface area contributed by atoms with Gasteiger partial charge < -0.3 is 10.4 Å². The van der Waals surface area contributed by atoms with E-state index in [0.29, 0.717) is 6.42 Å². The van der Waals surface area contributed by atoms with Crippen molar-refractivity contribution in [1.29, 1.82) is 0 Å². The summed E-state index contributed by atoms with van der Waals surface area (Å²) in [4.78, 5) is 10.3. The number of halogens is 3. The second-order valence-corrected chi connectivity index (χ2v) is 1.72. The van der Waals surface area contributed by atoms with E-state index in [0.717, 1.165) is 0 Å². The third-order valence-electron chi connectivity index (χ3n) is 0.740. The van der Waals surface area contributed by atoms with Crippen LogP contribution in [0.3, 0.4) is 0 Å². The highest BCUT2D eigenvalue weighted by molar-refractivity contribution is 5.84. The quantitative estimate of drug-likeness (QED) is 0.619. The van der Waals surface area contributed by atoms with Crippen molar-refractivity contribution < 1.29 is 23.1 Å². The van der Waals surface area contributed by atoms with Crippen LogP contribution in [0.4, 0.5) is 13.2 Å². The molecule has 0 fully saturated rings. The molecule has 0 aromatic rings. The van der Waals surface area contributed by atoms with Crippen LogP contribution < -0.4 is 5.32 Å². The van der Waals surface area contributed by atoms with Crippen LogP contribution in [0.2, 0.25) is 0 Å². The number of carbonyl (C=O) groups excluding carboxylic acids is 1. The van der Waals surface area contributed by atoms with Gasteiger partial charge in [0, 0.05) is 0 Å². The summed E-state index contributed by atoms with van der Waals surface area (Å²) in [6.07, 6.45) is -3.69. The molecule has 0 saturated carbocycles. The zero-order chi connectivity index (χ0) is 8.91. The van der Waals surface area contributed by atoms with Crippen LogP contribution in [-0.2, 0) is 4.79 Å². The fraction of sp³-hybridized carbons (Fsp3) is 0.600. The smallest absolute Gasteiger partial charge is 0.396 e. The van der Waals surface area contributed by atoms with Crippen molar-refractivity contribution in [2.24, 2.45) is 0 Å². The summed E-state index contributed by atoms with van der Waals surface area (Å²) in [5, 5.41) is 9.61. The number of rotatable bonds is 3. The first-order valence-corrected chi connectivity index (χ1v) is 2.74. The molecular formula is C5H7F3NO2. The Hall–Kier alpha value is -0.780. The summed E-state index contributed by atoms with van der Waals surface area (Å²) in [7, 11) is 0. The number of aliphatic hydroxyl groups excluding tert-OH is 1. The summed E-state index contributed by atoms with van der Waals surface area (Å²) in [5.41, 5.74) is 0. The van der Waals surface area contributed by atoms with Gasteiger partial charge in [-0.05, 0) is 0 Å². The first-order chi connectivity index (χ1) is 4.95. The van der Waals surface area contributed by atoms with E-state index in [1.807, 2.05) is 0 Å². The van der Waals surface area contributed by atoms with E-state index in [-0.39, 0.29) is 0 Å². The van der Waals surface area contributed by atoms with Gasteiger partial charge in [0.1, 0.15) is 6.54 Å². The summed E-state index contributed by atoms with van der Waals surface area (Å²) in [5.74, 6) is -0.926. The summed E-state index contributed by atoms with van der Waals surface area (Å²) in [6.45, 7) is -1.94. The molecule has 0 unspecified atom stereocenters. The number of nitrogens with one attached hydrogen (secondary N) is 1. The average Bonchev–Trinajstić information content (AvgIpc) is 1.83. The van der Waals surface area contributed by atoms with Crippen molar-refractivity contribution in [1.82, 2.24) is 5.32 Å². The Morgan fingerprint density at radius 1 is 1.55 bits per heavy atom. The molecule has 3 nitrogen and oxygen atoms in total. The van der Waals surface area contributed by atoms with Gasteiger partial charge in [-0.1, -0.05) is 0 Å². The Kier molecular flexibility index (Phi) is 3.88. The minimum atomic E-state index is -4.40. The first kappa shape index (κ1) is 10.2. The molecule has 6 heteroatoms. The lowest BCUT2D eigenvalue weighted by molar-refractivity contribution is -0.136. The van der Waals surface area contributed by atoms with E-state index in [1.165, 1.54) is 0 Å². The normalized spacial score (nSPS) is 11.3. The molecule has 2 N–H and O–H groups in total. The minimum Gasteiger partial charge on any atom is -0.396 e. The lowest BCUT2D eigenvalue weighted by Gasteiger charge is -2.06. The van der Waals surface area contributed by atoms with Gasteiger partial charge in [0.05, 0.1) is 13.0 Å². The molecule has 0 aliphatic rings. The summed E-state index contributed by atoms with van der Waals surface area (Å²) < 4.78 is 34.1. The highest BCUT2D eigenvalue weighted by Gasteiger charge is 2.27. The molecule has 0 rings (SSSR count). The number of hydrogen-bond donors (Lipinski definition) is 2. The SMILES string of the molecule is O=C([CH]CO)NCC(F)(F)F. The van der Waals surface area contributed by atoms with Gasteiger partial charge in [-0.2, -0.15) is 13.2 Å². The number of amides is 1. The third kappa shape index (κ3) is 7.11. The van der Waals surface area contributed by atoms with Gasteiger partial charge in [0.2, 0.25) is 5.91 Å². The molecule has 65 valence electrons. The van der Waals surface area contributed by atoms with E-state index in [1.54, 1.807) is 5.32 Å². The average molecular weight is 170 g/mol. The van der Waals surface area contributed by atoms with Crippen molar-refractivity contribution in [2.45, 2.75) is 6.18 Å². The molecule has 0 aromatic heterocycles. The molecule has 0 aliphatic heterocycles. The maximum Gasteiger partial charge on any atom is 0.405 e. The van der Waals surface area contributed by atoms with Crippen LogP contribution in [0.25, 0.3) is 0 Å². The van der Waals surface area contributed by atoms with Gasteiger partial charge in [0.25, 0.3) is 0 Å². The molecular weight excluding hydrogens is 163 g/mol. The topological polar surface area (TPSA) is 49.3 Å². The highest BCUT2D eigenvalue weighted by atomic mass is 19.4. The minimum absolute atomic E-state index is 0.566. The number of aliphatic hydroxyl groups is 1. The van der Waals surface area contributed by atoms with Crippen molar-refractivity contribution in [3.8, 4) is 0 Å². The molecule has 0 aromatic carbocycles. The molecule has 0 heterocycles. The van der Waals surface area contributed by atoms with E-state index in [2.05, 4.69) is 0 Å². The van der Waals surface area contributed by atoms with Crippen LogP contribution in [0.15, 0.2) is 0 Å². The molecule has 0 atom stereocenters. The molecule has 0 spiro atoms. The second kappa shape index (κ2) is 4.17. The number of carbonyl (C=O) groups is 1. The molecule has 1 radical (unpaired) electrons. The van der Waals surface area contributed by atoms with Gasteiger partial charge in [-0.15, -0.1) is 0 Å². The van der Waals surface area contributed by atoms with Crippen molar-refractivity contribution >= 4 is 5.91 Å². The Labute approximate surface area is 61.2 Å². The van der Waals surface area contributed by atoms with Gasteiger partial charge in [-0.25, -0.2) is 0 Å². The van der Waals surface area contributed by atoms with Gasteiger partial charge in [-0.3, -0.25) is 4.79 Å². The van der Waals surface area contributed by atoms with Crippen LogP contribution in [0.5, 0.6) is 0 Å². The Morgan fingerprint density at radius 3 is 2.45 bits per heavy atom. The van der Waals surface area contributed by atoms with Crippen LogP contribution in [0, 0.1) is 6.42 Å². The van der Waals surface area contributed by atoms with Crippen molar-refractivity contribution in [2.75, 3.05) is 13.2 Å². The molecule has 0 bridgehead atoms. The Morgan fingerprint density at radius 2 is 2.09 bits per heavy atom. The van der Waals surface area contributed by atoms with Crippen LogP contribution in [-0.4, -0.2) is 30.3 Å². The highest BCUT2D eigenvalue weighted by Crippen LogP contribution is 2.11. The fourth-order valence-corrected chi connectivity index (χ4v) is 0.342. The summed E-state index contributed by atoms with van der Waals surface area (Å²) >= 11 is 0. The molecule has 0 saturated heterocycles. The van der Waals surface area contributed by atoms with Gasteiger partial charge in [0.15, 0.2) is 0 Å². The van der Waals surface area contributed by atoms with E-state index < -0.39 is 25.2 Å². The maximum absolute atomic E-state index is 11.4. The molecule has 1 amide bonds. The fourth-order valence-electron chi connectivity index (χ4n) is 0.342. The molecule has 11 heavy (non-hydrogen) atoms. The standard InChI is InChI=1S/C5H7F3NO2/c6-5(7,8)3-9-4(11)1-2-10/h1,10H,2-3H2,(H,9,11). The lowest BCUT2D eigenvalue weighted by atomic mass is 10.4. The largest absolute Gasteiger partial charge is 0.405 e.